The molecule has 0 amide bonds. The number of nitrogens with one attached hydrogen (secondary N) is 1. The van der Waals surface area contributed by atoms with Gasteiger partial charge in [0.2, 0.25) is 0 Å². The summed E-state index contributed by atoms with van der Waals surface area (Å²) in [5.74, 6) is 1.70. The van der Waals surface area contributed by atoms with E-state index in [-0.39, 0.29) is 0 Å². The number of para-hydroxylation sites is 2. The van der Waals surface area contributed by atoms with E-state index in [9.17, 15) is 5.11 Å². The van der Waals surface area contributed by atoms with Gasteiger partial charge in [-0.2, -0.15) is 0 Å². The van der Waals surface area contributed by atoms with E-state index >= 15 is 0 Å². The van der Waals surface area contributed by atoms with Gasteiger partial charge in [-0.25, -0.2) is 4.98 Å². The number of nitrogens with zero attached hydrogens (tertiary/aromatic N) is 1. The number of rotatable bonds is 4. The van der Waals surface area contributed by atoms with Crippen LogP contribution in [0.5, 0.6) is 11.5 Å². The fraction of sp³-hybridized carbons (Fsp3) is 0.188. The SMILES string of the molecule is COc1ccc(C(O)c2nc3ccccc3[nH]2)cc1OC. The molecule has 0 aliphatic rings. The van der Waals surface area contributed by atoms with E-state index in [2.05, 4.69) is 9.97 Å². The van der Waals surface area contributed by atoms with Gasteiger partial charge in [0.25, 0.3) is 0 Å². The molecule has 2 aromatic carbocycles. The largest absolute Gasteiger partial charge is 0.493 e. The molecule has 5 heteroatoms. The van der Waals surface area contributed by atoms with E-state index in [0.717, 1.165) is 11.0 Å². The number of hydrogen-bond acceptors (Lipinski definition) is 4. The number of benzene rings is 2. The Morgan fingerprint density at radius 1 is 1.05 bits per heavy atom. The first-order valence-electron chi connectivity index (χ1n) is 6.57. The average Bonchev–Trinajstić information content (AvgIpc) is 2.97. The molecule has 5 nitrogen and oxygen atoms in total. The zero-order chi connectivity index (χ0) is 14.8. The highest BCUT2D eigenvalue weighted by Gasteiger charge is 2.17. The van der Waals surface area contributed by atoms with E-state index in [0.29, 0.717) is 22.9 Å². The Morgan fingerprint density at radius 3 is 2.52 bits per heavy atom. The number of H-pyrrole nitrogens is 1. The number of ether oxygens (including phenoxy) is 2. The van der Waals surface area contributed by atoms with Crippen molar-refractivity contribution in [1.29, 1.82) is 0 Å². The van der Waals surface area contributed by atoms with Crippen LogP contribution < -0.4 is 9.47 Å². The minimum absolute atomic E-state index is 0.503. The maximum Gasteiger partial charge on any atom is 0.161 e. The van der Waals surface area contributed by atoms with Crippen LogP contribution >= 0.6 is 0 Å². The normalized spacial score (nSPS) is 12.3. The summed E-state index contributed by atoms with van der Waals surface area (Å²) in [5, 5.41) is 10.5. The Labute approximate surface area is 122 Å². The smallest absolute Gasteiger partial charge is 0.161 e. The Balaban J connectivity index is 1.99. The first-order valence-corrected chi connectivity index (χ1v) is 6.57. The number of hydrogen-bond donors (Lipinski definition) is 2. The molecule has 0 aliphatic heterocycles. The van der Waals surface area contributed by atoms with Gasteiger partial charge < -0.3 is 19.6 Å². The number of imidazole rings is 1. The van der Waals surface area contributed by atoms with E-state index in [4.69, 9.17) is 9.47 Å². The summed E-state index contributed by atoms with van der Waals surface area (Å²) in [6.45, 7) is 0. The number of aromatic nitrogens is 2. The van der Waals surface area contributed by atoms with Gasteiger partial charge in [0.1, 0.15) is 11.9 Å². The van der Waals surface area contributed by atoms with Crippen LogP contribution in [-0.4, -0.2) is 29.3 Å². The minimum Gasteiger partial charge on any atom is -0.493 e. The van der Waals surface area contributed by atoms with Crippen molar-refractivity contribution in [2.24, 2.45) is 0 Å². The predicted octanol–water partition coefficient (Wildman–Crippen LogP) is 2.66. The number of fused-ring (bicyclic) bond motifs is 1. The third-order valence-corrected chi connectivity index (χ3v) is 3.39. The molecule has 0 fully saturated rings. The van der Waals surface area contributed by atoms with Crippen molar-refractivity contribution in [2.75, 3.05) is 14.2 Å². The molecule has 2 N–H and O–H groups in total. The fourth-order valence-corrected chi connectivity index (χ4v) is 2.28. The van der Waals surface area contributed by atoms with Gasteiger partial charge in [-0.1, -0.05) is 18.2 Å². The van der Waals surface area contributed by atoms with Gasteiger partial charge in [0.15, 0.2) is 11.5 Å². The maximum absolute atomic E-state index is 10.5. The standard InChI is InChI=1S/C16H16N2O3/c1-20-13-8-7-10(9-14(13)21-2)15(19)16-17-11-5-3-4-6-12(11)18-16/h3-9,15,19H,1-2H3,(H,17,18). The van der Waals surface area contributed by atoms with Crippen molar-refractivity contribution in [1.82, 2.24) is 9.97 Å². The predicted molar refractivity (Wildman–Crippen MR) is 79.7 cm³/mol. The number of aliphatic hydroxyl groups is 1. The molecule has 0 saturated heterocycles. The molecular weight excluding hydrogens is 268 g/mol. The van der Waals surface area contributed by atoms with Crippen LogP contribution in [0.4, 0.5) is 0 Å². The highest BCUT2D eigenvalue weighted by Crippen LogP contribution is 2.31. The van der Waals surface area contributed by atoms with Crippen molar-refractivity contribution >= 4 is 11.0 Å². The number of methoxy groups -OCH3 is 2. The number of aromatic amines is 1. The Hall–Kier alpha value is -2.53. The quantitative estimate of drug-likeness (QED) is 0.773. The van der Waals surface area contributed by atoms with Gasteiger partial charge >= 0.3 is 0 Å². The molecule has 0 aliphatic carbocycles. The summed E-state index contributed by atoms with van der Waals surface area (Å²) in [5.41, 5.74) is 2.41. The monoisotopic (exact) mass is 284 g/mol. The van der Waals surface area contributed by atoms with Crippen LogP contribution in [0.15, 0.2) is 42.5 Å². The molecule has 108 valence electrons. The summed E-state index contributed by atoms with van der Waals surface area (Å²) in [6.07, 6.45) is -0.850. The van der Waals surface area contributed by atoms with Gasteiger partial charge in [-0.15, -0.1) is 0 Å². The van der Waals surface area contributed by atoms with Crippen LogP contribution in [0.2, 0.25) is 0 Å². The highest BCUT2D eigenvalue weighted by molar-refractivity contribution is 5.74. The lowest BCUT2D eigenvalue weighted by molar-refractivity contribution is 0.210. The molecule has 0 bridgehead atoms. The molecule has 3 rings (SSSR count). The zero-order valence-electron chi connectivity index (χ0n) is 11.8. The Morgan fingerprint density at radius 2 is 1.81 bits per heavy atom. The lowest BCUT2D eigenvalue weighted by Crippen LogP contribution is -2.03. The first kappa shape index (κ1) is 13.5. The zero-order valence-corrected chi connectivity index (χ0v) is 11.8. The lowest BCUT2D eigenvalue weighted by Gasteiger charge is -2.12. The fourth-order valence-electron chi connectivity index (χ4n) is 2.28. The van der Waals surface area contributed by atoms with Crippen LogP contribution in [0, 0.1) is 0 Å². The first-order chi connectivity index (χ1) is 10.2. The third-order valence-electron chi connectivity index (χ3n) is 3.39. The second kappa shape index (κ2) is 5.46. The van der Waals surface area contributed by atoms with Crippen LogP contribution in [0.1, 0.15) is 17.5 Å². The van der Waals surface area contributed by atoms with Crippen LogP contribution in [0.25, 0.3) is 11.0 Å². The van der Waals surface area contributed by atoms with Gasteiger partial charge in [0.05, 0.1) is 25.3 Å². The molecule has 0 radical (unpaired) electrons. The summed E-state index contributed by atoms with van der Waals surface area (Å²) in [4.78, 5) is 7.54. The van der Waals surface area contributed by atoms with E-state index < -0.39 is 6.10 Å². The molecule has 1 atom stereocenters. The molecule has 1 unspecified atom stereocenters. The summed E-state index contributed by atoms with van der Waals surface area (Å²) < 4.78 is 10.4. The summed E-state index contributed by atoms with van der Waals surface area (Å²) in [6, 6.07) is 13.0. The van der Waals surface area contributed by atoms with Crippen molar-refractivity contribution in [3.8, 4) is 11.5 Å². The van der Waals surface area contributed by atoms with Gasteiger partial charge in [-0.05, 0) is 29.8 Å². The third kappa shape index (κ3) is 2.43. The van der Waals surface area contributed by atoms with Crippen molar-refractivity contribution < 1.29 is 14.6 Å². The second-order valence-electron chi connectivity index (χ2n) is 4.66. The van der Waals surface area contributed by atoms with Crippen molar-refractivity contribution in [3.05, 3.63) is 53.9 Å². The molecule has 1 heterocycles. The van der Waals surface area contributed by atoms with Gasteiger partial charge in [0, 0.05) is 0 Å². The molecular formula is C16H16N2O3. The maximum atomic E-state index is 10.5. The van der Waals surface area contributed by atoms with Crippen LogP contribution in [-0.2, 0) is 0 Å². The highest BCUT2D eigenvalue weighted by atomic mass is 16.5. The molecule has 1 aromatic heterocycles. The summed E-state index contributed by atoms with van der Waals surface area (Å²) >= 11 is 0. The molecule has 0 spiro atoms. The topological polar surface area (TPSA) is 67.4 Å². The Bertz CT molecular complexity index is 734. The minimum atomic E-state index is -0.850. The van der Waals surface area contributed by atoms with E-state index in [1.54, 1.807) is 32.4 Å². The molecule has 3 aromatic rings. The second-order valence-corrected chi connectivity index (χ2v) is 4.66. The van der Waals surface area contributed by atoms with Crippen molar-refractivity contribution in [3.63, 3.8) is 0 Å². The average molecular weight is 284 g/mol. The summed E-state index contributed by atoms with van der Waals surface area (Å²) in [7, 11) is 3.14. The van der Waals surface area contributed by atoms with Crippen LogP contribution in [0.3, 0.4) is 0 Å². The Kier molecular flexibility index (Phi) is 3.50. The van der Waals surface area contributed by atoms with E-state index in [1.165, 1.54) is 0 Å². The van der Waals surface area contributed by atoms with Gasteiger partial charge in [-0.3, -0.25) is 0 Å². The number of aliphatic hydroxyl groups excluding tert-OH is 1. The molecule has 0 saturated carbocycles. The molecule has 21 heavy (non-hydrogen) atoms. The van der Waals surface area contributed by atoms with E-state index in [1.807, 2.05) is 24.3 Å². The van der Waals surface area contributed by atoms with Crippen molar-refractivity contribution in [2.45, 2.75) is 6.10 Å². The lowest BCUT2D eigenvalue weighted by atomic mass is 10.1.